The van der Waals surface area contributed by atoms with Gasteiger partial charge in [0, 0.05) is 23.1 Å². The van der Waals surface area contributed by atoms with Crippen molar-refractivity contribution in [1.29, 1.82) is 0 Å². The highest BCUT2D eigenvalue weighted by atomic mass is 16.3. The fraction of sp³-hybridized carbons (Fsp3) is 0.238. The third kappa shape index (κ3) is 3.13. The van der Waals surface area contributed by atoms with Gasteiger partial charge in [-0.1, -0.05) is 30.3 Å². The second-order valence-corrected chi connectivity index (χ2v) is 7.24. The highest BCUT2D eigenvalue weighted by Gasteiger charge is 2.39. The van der Waals surface area contributed by atoms with Gasteiger partial charge < -0.3 is 15.0 Å². The van der Waals surface area contributed by atoms with Crippen LogP contribution >= 0.6 is 0 Å². The number of pyridine rings is 1. The Morgan fingerprint density at radius 3 is 2.54 bits per heavy atom. The monoisotopic (exact) mass is 348 g/mol. The zero-order valence-corrected chi connectivity index (χ0v) is 14.5. The summed E-state index contributed by atoms with van der Waals surface area (Å²) < 4.78 is 0. The first-order chi connectivity index (χ1) is 12.4. The number of fused-ring (bicyclic) bond motifs is 1. The Labute approximate surface area is 150 Å². The molecule has 1 aromatic heterocycles. The predicted octanol–water partition coefficient (Wildman–Crippen LogP) is 2.33. The molecule has 0 radical (unpaired) electrons. The first-order valence-electron chi connectivity index (χ1n) is 8.63. The maximum absolute atomic E-state index is 12.3. The quantitative estimate of drug-likeness (QED) is 0.763. The van der Waals surface area contributed by atoms with Crippen LogP contribution < -0.4 is 5.56 Å². The van der Waals surface area contributed by atoms with Gasteiger partial charge in [-0.25, -0.2) is 0 Å². The van der Waals surface area contributed by atoms with Gasteiger partial charge in [-0.2, -0.15) is 0 Å². The molecular formula is C21H20N2O3. The fourth-order valence-corrected chi connectivity index (χ4v) is 3.41. The zero-order chi connectivity index (χ0) is 18.3. The molecule has 5 nitrogen and oxygen atoms in total. The van der Waals surface area contributed by atoms with Crippen molar-refractivity contribution in [2.45, 2.75) is 18.9 Å². The number of aromatic amines is 1. The summed E-state index contributed by atoms with van der Waals surface area (Å²) in [6, 6.07) is 16.9. The lowest BCUT2D eigenvalue weighted by atomic mass is 9.95. The van der Waals surface area contributed by atoms with Gasteiger partial charge in [0.15, 0.2) is 0 Å². The second-order valence-electron chi connectivity index (χ2n) is 7.24. The van der Waals surface area contributed by atoms with Gasteiger partial charge in [0.2, 0.25) is 0 Å². The van der Waals surface area contributed by atoms with E-state index in [4.69, 9.17) is 0 Å². The maximum atomic E-state index is 12.3. The minimum atomic E-state index is -0.771. The Morgan fingerprint density at radius 2 is 1.85 bits per heavy atom. The molecule has 1 aliphatic heterocycles. The molecule has 2 aromatic carbocycles. The number of β-amino-alcohol motifs (C(OH)–C–C–N with tert-alkyl or cyclic N) is 1. The number of H-pyrrole nitrogens is 1. The normalized spacial score (nSPS) is 15.7. The van der Waals surface area contributed by atoms with E-state index in [1.807, 2.05) is 42.5 Å². The number of likely N-dealkylation sites (tertiary alicyclic amines) is 1. The molecule has 4 rings (SSSR count). The van der Waals surface area contributed by atoms with Gasteiger partial charge in [0.1, 0.15) is 0 Å². The van der Waals surface area contributed by atoms with Crippen LogP contribution in [-0.2, 0) is 6.42 Å². The fourth-order valence-electron chi connectivity index (χ4n) is 3.41. The van der Waals surface area contributed by atoms with E-state index in [0.717, 1.165) is 16.5 Å². The van der Waals surface area contributed by atoms with Gasteiger partial charge in [0.05, 0.1) is 18.7 Å². The SMILES string of the molecule is CC1(O)CN(C(=O)c2ccc(Cc3cc4ccccc4[nH]c3=O)cc2)C1. The van der Waals surface area contributed by atoms with Crippen molar-refractivity contribution in [2.24, 2.45) is 0 Å². The van der Waals surface area contributed by atoms with Crippen LogP contribution in [0.15, 0.2) is 59.4 Å². The summed E-state index contributed by atoms with van der Waals surface area (Å²) in [4.78, 5) is 29.1. The molecule has 0 atom stereocenters. The Balaban J connectivity index is 1.52. The molecule has 0 unspecified atom stereocenters. The lowest BCUT2D eigenvalue weighted by Crippen LogP contribution is -2.61. The minimum absolute atomic E-state index is 0.0772. The number of hydrogen-bond acceptors (Lipinski definition) is 3. The molecule has 3 aromatic rings. The summed E-state index contributed by atoms with van der Waals surface area (Å²) in [5.74, 6) is -0.0772. The molecule has 5 heteroatoms. The van der Waals surface area contributed by atoms with Crippen LogP contribution in [0.25, 0.3) is 10.9 Å². The molecular weight excluding hydrogens is 328 g/mol. The third-order valence-electron chi connectivity index (χ3n) is 4.78. The number of nitrogens with zero attached hydrogens (tertiary/aromatic N) is 1. The number of para-hydroxylation sites is 1. The third-order valence-corrected chi connectivity index (χ3v) is 4.78. The van der Waals surface area contributed by atoms with Crippen molar-refractivity contribution in [3.63, 3.8) is 0 Å². The summed E-state index contributed by atoms with van der Waals surface area (Å²) in [6.45, 7) is 2.45. The van der Waals surface area contributed by atoms with Crippen LogP contribution in [0.2, 0.25) is 0 Å². The van der Waals surface area contributed by atoms with E-state index < -0.39 is 5.60 Å². The van der Waals surface area contributed by atoms with Gasteiger partial charge in [0.25, 0.3) is 11.5 Å². The van der Waals surface area contributed by atoms with Crippen molar-refractivity contribution in [3.8, 4) is 0 Å². The largest absolute Gasteiger partial charge is 0.386 e. The van der Waals surface area contributed by atoms with Crippen molar-refractivity contribution in [1.82, 2.24) is 9.88 Å². The Hall–Kier alpha value is -2.92. The molecule has 2 heterocycles. The highest BCUT2D eigenvalue weighted by Crippen LogP contribution is 2.22. The summed E-state index contributed by atoms with van der Waals surface area (Å²) >= 11 is 0. The van der Waals surface area contributed by atoms with E-state index >= 15 is 0 Å². The van der Waals surface area contributed by atoms with Crippen molar-refractivity contribution in [3.05, 3.63) is 81.6 Å². The number of benzene rings is 2. The van der Waals surface area contributed by atoms with E-state index in [0.29, 0.717) is 30.6 Å². The predicted molar refractivity (Wildman–Crippen MR) is 100 cm³/mol. The molecule has 1 saturated heterocycles. The highest BCUT2D eigenvalue weighted by molar-refractivity contribution is 5.95. The summed E-state index contributed by atoms with van der Waals surface area (Å²) in [5, 5.41) is 10.8. The molecule has 0 spiro atoms. The number of aromatic nitrogens is 1. The number of carbonyl (C=O) groups excluding carboxylic acids is 1. The van der Waals surface area contributed by atoms with Crippen LogP contribution in [0.5, 0.6) is 0 Å². The first kappa shape index (κ1) is 16.5. The number of carbonyl (C=O) groups is 1. The summed E-state index contributed by atoms with van der Waals surface area (Å²) in [5.41, 5.74) is 2.22. The average molecular weight is 348 g/mol. The second kappa shape index (κ2) is 6.11. The molecule has 1 aliphatic rings. The molecule has 1 amide bonds. The van der Waals surface area contributed by atoms with E-state index in [-0.39, 0.29) is 11.5 Å². The lowest BCUT2D eigenvalue weighted by molar-refractivity contribution is -0.0668. The van der Waals surface area contributed by atoms with Crippen LogP contribution in [-0.4, -0.2) is 39.6 Å². The van der Waals surface area contributed by atoms with Gasteiger partial charge in [-0.05, 0) is 42.1 Å². The molecule has 0 bridgehead atoms. The van der Waals surface area contributed by atoms with E-state index in [1.54, 1.807) is 24.0 Å². The molecule has 1 fully saturated rings. The number of hydrogen-bond donors (Lipinski definition) is 2. The van der Waals surface area contributed by atoms with Crippen LogP contribution in [0.1, 0.15) is 28.4 Å². The molecule has 0 aliphatic carbocycles. The smallest absolute Gasteiger partial charge is 0.254 e. The number of rotatable bonds is 3. The van der Waals surface area contributed by atoms with E-state index in [9.17, 15) is 14.7 Å². The van der Waals surface area contributed by atoms with Gasteiger partial charge in [-0.3, -0.25) is 9.59 Å². The van der Waals surface area contributed by atoms with Crippen molar-refractivity contribution < 1.29 is 9.90 Å². The summed E-state index contributed by atoms with van der Waals surface area (Å²) in [7, 11) is 0. The molecule has 0 saturated carbocycles. The number of amides is 1. The zero-order valence-electron chi connectivity index (χ0n) is 14.5. The van der Waals surface area contributed by atoms with Crippen LogP contribution in [0.3, 0.4) is 0 Å². The minimum Gasteiger partial charge on any atom is -0.386 e. The van der Waals surface area contributed by atoms with Gasteiger partial charge >= 0.3 is 0 Å². The standard InChI is InChI=1S/C21H20N2O3/c1-21(26)12-23(13-21)20(25)15-8-6-14(7-9-15)10-17-11-16-4-2-3-5-18(16)22-19(17)24/h2-9,11,26H,10,12-13H2,1H3,(H,22,24). The van der Waals surface area contributed by atoms with Crippen molar-refractivity contribution >= 4 is 16.8 Å². The molecule has 2 N–H and O–H groups in total. The summed E-state index contributed by atoms with van der Waals surface area (Å²) in [6.07, 6.45) is 0.507. The van der Waals surface area contributed by atoms with E-state index in [1.165, 1.54) is 0 Å². The van der Waals surface area contributed by atoms with Crippen molar-refractivity contribution in [2.75, 3.05) is 13.1 Å². The average Bonchev–Trinajstić information content (AvgIpc) is 2.60. The first-order valence-corrected chi connectivity index (χ1v) is 8.63. The van der Waals surface area contributed by atoms with E-state index in [2.05, 4.69) is 4.98 Å². The maximum Gasteiger partial charge on any atom is 0.254 e. The number of aliphatic hydroxyl groups is 1. The van der Waals surface area contributed by atoms with Crippen LogP contribution in [0.4, 0.5) is 0 Å². The number of nitrogens with one attached hydrogen (secondary N) is 1. The Bertz CT molecular complexity index is 1030. The topological polar surface area (TPSA) is 73.4 Å². The van der Waals surface area contributed by atoms with Gasteiger partial charge in [-0.15, -0.1) is 0 Å². The lowest BCUT2D eigenvalue weighted by Gasteiger charge is -2.44. The van der Waals surface area contributed by atoms with Crippen LogP contribution in [0, 0.1) is 0 Å². The Kier molecular flexibility index (Phi) is 3.89. The molecule has 132 valence electrons. The Morgan fingerprint density at radius 1 is 1.15 bits per heavy atom. The molecule has 26 heavy (non-hydrogen) atoms.